The molecule has 0 radical (unpaired) electrons. The number of halogens is 2. The van der Waals surface area contributed by atoms with E-state index in [4.69, 9.17) is 11.6 Å². The molecule has 2 aromatic rings. The van der Waals surface area contributed by atoms with Crippen LogP contribution in [0.5, 0.6) is 0 Å². The van der Waals surface area contributed by atoms with Crippen molar-refractivity contribution in [3.63, 3.8) is 0 Å². The lowest BCUT2D eigenvalue weighted by atomic mass is 9.86. The molecule has 10 heteroatoms. The Hall–Kier alpha value is -3.20. The van der Waals surface area contributed by atoms with Gasteiger partial charge in [0.05, 0.1) is 0 Å². The van der Waals surface area contributed by atoms with Gasteiger partial charge in [-0.1, -0.05) is 17.7 Å². The van der Waals surface area contributed by atoms with Crippen LogP contribution in [0.15, 0.2) is 42.7 Å². The zero-order chi connectivity index (χ0) is 22.0. The Labute approximate surface area is 183 Å². The maximum atomic E-state index is 13.6. The van der Waals surface area contributed by atoms with Crippen molar-refractivity contribution >= 4 is 35.1 Å². The maximum Gasteiger partial charge on any atom is 0.322 e. The second kappa shape index (κ2) is 8.50. The largest absolute Gasteiger partial charge is 0.368 e. The topological polar surface area (TPSA) is 94.6 Å². The van der Waals surface area contributed by atoms with Crippen LogP contribution >= 0.6 is 11.6 Å². The molecule has 8 nitrogen and oxygen atoms in total. The Bertz CT molecular complexity index is 993. The first kappa shape index (κ1) is 21.0. The SMILES string of the molecule is O=C1NC(=O)C(CCC(=O)N2CCN(c3cc(F)cc(Cl)c3)CC2)(c2cccnc2)N1. The van der Waals surface area contributed by atoms with E-state index in [1.807, 2.05) is 4.90 Å². The number of hydrogen-bond donors (Lipinski definition) is 2. The summed E-state index contributed by atoms with van der Waals surface area (Å²) in [6.45, 7) is 2.00. The number of hydrogen-bond acceptors (Lipinski definition) is 5. The summed E-state index contributed by atoms with van der Waals surface area (Å²) in [5.74, 6) is -1.01. The van der Waals surface area contributed by atoms with Gasteiger partial charge < -0.3 is 15.1 Å². The number of pyridine rings is 1. The summed E-state index contributed by atoms with van der Waals surface area (Å²) in [6, 6.07) is 7.15. The summed E-state index contributed by atoms with van der Waals surface area (Å²) in [5.41, 5.74) is -0.113. The van der Waals surface area contributed by atoms with E-state index in [2.05, 4.69) is 15.6 Å². The third-order valence-electron chi connectivity index (χ3n) is 5.65. The number of rotatable bonds is 5. The minimum absolute atomic E-state index is 0.0778. The third-order valence-corrected chi connectivity index (χ3v) is 5.87. The Morgan fingerprint density at radius 2 is 1.97 bits per heavy atom. The van der Waals surface area contributed by atoms with Crippen LogP contribution < -0.4 is 15.5 Å². The lowest BCUT2D eigenvalue weighted by molar-refractivity contribution is -0.132. The third kappa shape index (κ3) is 4.32. The summed E-state index contributed by atoms with van der Waals surface area (Å²) in [4.78, 5) is 44.9. The molecule has 0 spiro atoms. The Kier molecular flexibility index (Phi) is 5.77. The fraction of sp³-hybridized carbons (Fsp3) is 0.333. The fourth-order valence-corrected chi connectivity index (χ4v) is 4.23. The van der Waals surface area contributed by atoms with Gasteiger partial charge in [-0.3, -0.25) is 19.9 Å². The van der Waals surface area contributed by atoms with Crippen LogP contribution in [0.25, 0.3) is 0 Å². The highest BCUT2D eigenvalue weighted by Crippen LogP contribution is 2.30. The number of nitrogens with zero attached hydrogens (tertiary/aromatic N) is 3. The van der Waals surface area contributed by atoms with E-state index in [1.54, 1.807) is 29.3 Å². The number of urea groups is 1. The monoisotopic (exact) mass is 445 g/mol. The number of benzene rings is 1. The van der Waals surface area contributed by atoms with E-state index in [9.17, 15) is 18.8 Å². The van der Waals surface area contributed by atoms with E-state index in [0.717, 1.165) is 0 Å². The lowest BCUT2D eigenvalue weighted by Crippen LogP contribution is -2.50. The van der Waals surface area contributed by atoms with Gasteiger partial charge in [-0.2, -0.15) is 0 Å². The van der Waals surface area contributed by atoms with Gasteiger partial charge in [0.1, 0.15) is 11.4 Å². The summed E-state index contributed by atoms with van der Waals surface area (Å²) in [6.07, 6.45) is 3.28. The molecule has 2 fully saturated rings. The number of imide groups is 1. The van der Waals surface area contributed by atoms with Crippen molar-refractivity contribution in [2.75, 3.05) is 31.1 Å². The average molecular weight is 446 g/mol. The molecule has 1 atom stereocenters. The molecule has 31 heavy (non-hydrogen) atoms. The molecule has 2 aliphatic heterocycles. The van der Waals surface area contributed by atoms with Crippen molar-refractivity contribution < 1.29 is 18.8 Å². The van der Waals surface area contributed by atoms with Gasteiger partial charge in [-0.05, 0) is 30.7 Å². The average Bonchev–Trinajstić information content (AvgIpc) is 3.06. The Balaban J connectivity index is 1.39. The van der Waals surface area contributed by atoms with E-state index >= 15 is 0 Å². The second-order valence-corrected chi connectivity index (χ2v) is 7.99. The predicted octanol–water partition coefficient (Wildman–Crippen LogP) is 2.04. The van der Waals surface area contributed by atoms with Crippen LogP contribution in [0.4, 0.5) is 14.9 Å². The molecule has 1 unspecified atom stereocenters. The van der Waals surface area contributed by atoms with Gasteiger partial charge in [0.25, 0.3) is 5.91 Å². The Morgan fingerprint density at radius 3 is 2.58 bits per heavy atom. The fourth-order valence-electron chi connectivity index (χ4n) is 4.02. The van der Waals surface area contributed by atoms with Crippen molar-refractivity contribution in [2.45, 2.75) is 18.4 Å². The molecule has 2 N–H and O–H groups in total. The summed E-state index contributed by atoms with van der Waals surface area (Å²) in [5, 5.41) is 5.24. The van der Waals surface area contributed by atoms with Crippen LogP contribution in [0, 0.1) is 5.82 Å². The van der Waals surface area contributed by atoms with Crippen molar-refractivity contribution in [2.24, 2.45) is 0 Å². The maximum absolute atomic E-state index is 13.6. The lowest BCUT2D eigenvalue weighted by Gasteiger charge is -2.36. The van der Waals surface area contributed by atoms with Crippen molar-refractivity contribution in [3.8, 4) is 0 Å². The number of aromatic nitrogens is 1. The van der Waals surface area contributed by atoms with E-state index in [0.29, 0.717) is 42.5 Å². The van der Waals surface area contributed by atoms with Gasteiger partial charge >= 0.3 is 6.03 Å². The Morgan fingerprint density at radius 1 is 1.19 bits per heavy atom. The normalized spacial score (nSPS) is 21.1. The van der Waals surface area contributed by atoms with E-state index in [-0.39, 0.29) is 18.7 Å². The first-order valence-corrected chi connectivity index (χ1v) is 10.3. The number of anilines is 1. The summed E-state index contributed by atoms with van der Waals surface area (Å²) in [7, 11) is 0. The highest BCUT2D eigenvalue weighted by atomic mass is 35.5. The van der Waals surface area contributed by atoms with Crippen LogP contribution in [0.1, 0.15) is 18.4 Å². The minimum Gasteiger partial charge on any atom is -0.368 e. The second-order valence-electron chi connectivity index (χ2n) is 7.55. The molecular formula is C21H21ClFN5O3. The van der Waals surface area contributed by atoms with Crippen molar-refractivity contribution in [1.82, 2.24) is 20.5 Å². The van der Waals surface area contributed by atoms with E-state index < -0.39 is 23.3 Å². The molecule has 0 saturated carbocycles. The molecule has 0 aliphatic carbocycles. The standard InChI is InChI=1S/C21H21ClFN5O3/c22-15-10-16(23)12-17(11-15)27-6-8-28(9-7-27)18(29)3-4-21(14-2-1-5-24-13-14)19(30)25-20(31)26-21/h1-2,5,10-13H,3-4,6-9H2,(H2,25,26,30,31). The molecule has 0 bridgehead atoms. The molecule has 4 rings (SSSR count). The molecular weight excluding hydrogens is 425 g/mol. The zero-order valence-electron chi connectivity index (χ0n) is 16.6. The van der Waals surface area contributed by atoms with E-state index in [1.165, 1.54) is 18.3 Å². The van der Waals surface area contributed by atoms with Gasteiger partial charge in [0.15, 0.2) is 0 Å². The summed E-state index contributed by atoms with van der Waals surface area (Å²) < 4.78 is 13.6. The molecule has 1 aromatic carbocycles. The molecule has 1 aromatic heterocycles. The zero-order valence-corrected chi connectivity index (χ0v) is 17.4. The smallest absolute Gasteiger partial charge is 0.322 e. The van der Waals surface area contributed by atoms with Crippen LogP contribution in [0.2, 0.25) is 5.02 Å². The van der Waals surface area contributed by atoms with Crippen LogP contribution in [-0.4, -0.2) is 53.9 Å². The quantitative estimate of drug-likeness (QED) is 0.687. The minimum atomic E-state index is -1.32. The molecule has 2 aliphatic rings. The highest BCUT2D eigenvalue weighted by Gasteiger charge is 2.48. The molecule has 3 heterocycles. The first-order chi connectivity index (χ1) is 14.9. The number of nitrogens with one attached hydrogen (secondary N) is 2. The van der Waals surface area contributed by atoms with Crippen molar-refractivity contribution in [1.29, 1.82) is 0 Å². The molecule has 4 amide bonds. The van der Waals surface area contributed by atoms with Gasteiger partial charge in [-0.25, -0.2) is 9.18 Å². The molecule has 162 valence electrons. The number of carbonyl (C=O) groups is 3. The van der Waals surface area contributed by atoms with Crippen molar-refractivity contribution in [3.05, 3.63) is 59.1 Å². The van der Waals surface area contributed by atoms with Crippen LogP contribution in [-0.2, 0) is 15.1 Å². The summed E-state index contributed by atoms with van der Waals surface area (Å²) >= 11 is 5.94. The number of carbonyl (C=O) groups excluding carboxylic acids is 3. The van der Waals surface area contributed by atoms with Gasteiger partial charge in [0.2, 0.25) is 5.91 Å². The predicted molar refractivity (Wildman–Crippen MR) is 112 cm³/mol. The first-order valence-electron chi connectivity index (χ1n) is 9.90. The van der Waals surface area contributed by atoms with Gasteiger partial charge in [0, 0.05) is 61.3 Å². The van der Waals surface area contributed by atoms with Crippen LogP contribution in [0.3, 0.4) is 0 Å². The number of amides is 4. The highest BCUT2D eigenvalue weighted by molar-refractivity contribution is 6.30. The number of piperazine rings is 1. The van der Waals surface area contributed by atoms with Gasteiger partial charge in [-0.15, -0.1) is 0 Å². The molecule has 2 saturated heterocycles.